The third-order valence-electron chi connectivity index (χ3n) is 2.23. The van der Waals surface area contributed by atoms with Crippen LogP contribution in [-0.2, 0) is 16.0 Å². The molecule has 17 heavy (non-hydrogen) atoms. The van der Waals surface area contributed by atoms with Crippen LogP contribution < -0.4 is 10.1 Å². The summed E-state index contributed by atoms with van der Waals surface area (Å²) >= 11 is 0. The van der Waals surface area contributed by atoms with Crippen LogP contribution in [0.4, 0.5) is 0 Å². The summed E-state index contributed by atoms with van der Waals surface area (Å²) in [5, 5.41) is 2.78. The molecular weight excluding hydrogens is 218 g/mol. The van der Waals surface area contributed by atoms with Crippen LogP contribution in [0.1, 0.15) is 12.5 Å². The van der Waals surface area contributed by atoms with Gasteiger partial charge >= 0.3 is 0 Å². The van der Waals surface area contributed by atoms with Crippen molar-refractivity contribution in [1.29, 1.82) is 0 Å². The molecule has 0 aliphatic carbocycles. The highest BCUT2D eigenvalue weighted by Crippen LogP contribution is 2.12. The number of methoxy groups -OCH3 is 1. The van der Waals surface area contributed by atoms with E-state index in [0.29, 0.717) is 26.2 Å². The first kappa shape index (κ1) is 13.5. The molecule has 1 amide bonds. The second-order valence-corrected chi connectivity index (χ2v) is 3.60. The third-order valence-corrected chi connectivity index (χ3v) is 2.23. The molecule has 0 fully saturated rings. The Bertz CT molecular complexity index is 335. The van der Waals surface area contributed by atoms with Crippen molar-refractivity contribution in [3.05, 3.63) is 29.8 Å². The van der Waals surface area contributed by atoms with Gasteiger partial charge in [-0.25, -0.2) is 0 Å². The Hall–Kier alpha value is -1.55. The number of nitrogens with one attached hydrogen (secondary N) is 1. The van der Waals surface area contributed by atoms with Crippen LogP contribution in [0.2, 0.25) is 0 Å². The number of benzene rings is 1. The Morgan fingerprint density at radius 1 is 1.29 bits per heavy atom. The summed E-state index contributed by atoms with van der Waals surface area (Å²) in [6.45, 7) is 3.68. The second-order valence-electron chi connectivity index (χ2n) is 3.60. The van der Waals surface area contributed by atoms with Gasteiger partial charge in [0, 0.05) is 13.7 Å². The van der Waals surface area contributed by atoms with E-state index < -0.39 is 0 Å². The van der Waals surface area contributed by atoms with E-state index in [1.807, 2.05) is 31.2 Å². The molecule has 1 aromatic rings. The van der Waals surface area contributed by atoms with Crippen molar-refractivity contribution < 1.29 is 14.3 Å². The largest absolute Gasteiger partial charge is 0.494 e. The fraction of sp³-hybridized carbons (Fsp3) is 0.462. The van der Waals surface area contributed by atoms with Gasteiger partial charge in [-0.05, 0) is 24.6 Å². The number of carbonyl (C=O) groups excluding carboxylic acids is 1. The molecule has 0 atom stereocenters. The van der Waals surface area contributed by atoms with Gasteiger partial charge < -0.3 is 14.8 Å². The van der Waals surface area contributed by atoms with Gasteiger partial charge in [0.15, 0.2) is 0 Å². The summed E-state index contributed by atoms with van der Waals surface area (Å²) in [6, 6.07) is 7.56. The summed E-state index contributed by atoms with van der Waals surface area (Å²) in [7, 11) is 1.61. The lowest BCUT2D eigenvalue weighted by Crippen LogP contribution is -2.28. The van der Waals surface area contributed by atoms with E-state index in [4.69, 9.17) is 9.47 Å². The van der Waals surface area contributed by atoms with Crippen molar-refractivity contribution in [2.24, 2.45) is 0 Å². The van der Waals surface area contributed by atoms with Crippen molar-refractivity contribution in [3.8, 4) is 5.75 Å². The van der Waals surface area contributed by atoms with Crippen molar-refractivity contribution in [3.63, 3.8) is 0 Å². The number of amides is 1. The van der Waals surface area contributed by atoms with Crippen LogP contribution >= 0.6 is 0 Å². The highest BCUT2D eigenvalue weighted by Gasteiger charge is 2.02. The first-order valence-corrected chi connectivity index (χ1v) is 5.73. The zero-order valence-corrected chi connectivity index (χ0v) is 10.4. The minimum absolute atomic E-state index is 0.00575. The van der Waals surface area contributed by atoms with Crippen LogP contribution in [0.15, 0.2) is 24.3 Å². The van der Waals surface area contributed by atoms with Crippen LogP contribution in [0.25, 0.3) is 0 Å². The van der Waals surface area contributed by atoms with Gasteiger partial charge in [-0.15, -0.1) is 0 Å². The minimum Gasteiger partial charge on any atom is -0.494 e. The van der Waals surface area contributed by atoms with Gasteiger partial charge in [-0.1, -0.05) is 12.1 Å². The average Bonchev–Trinajstić information content (AvgIpc) is 2.32. The van der Waals surface area contributed by atoms with Crippen LogP contribution in [0, 0.1) is 0 Å². The standard InChI is InChI=1S/C13H19NO3/c1-3-17-12-6-4-11(5-7-12)10-13(15)14-8-9-16-2/h4-7H,3,8-10H2,1-2H3,(H,14,15). The molecule has 0 saturated carbocycles. The number of carbonyl (C=O) groups is 1. The molecular formula is C13H19NO3. The van der Waals surface area contributed by atoms with Crippen LogP contribution in [-0.4, -0.2) is 32.8 Å². The van der Waals surface area contributed by atoms with Crippen LogP contribution in [0.3, 0.4) is 0 Å². The quantitative estimate of drug-likeness (QED) is 0.729. The summed E-state index contributed by atoms with van der Waals surface area (Å²) < 4.78 is 10.2. The molecule has 0 unspecified atom stereocenters. The summed E-state index contributed by atoms with van der Waals surface area (Å²) in [5.41, 5.74) is 0.975. The Morgan fingerprint density at radius 3 is 2.59 bits per heavy atom. The Kier molecular flexibility index (Phi) is 6.10. The number of hydrogen-bond donors (Lipinski definition) is 1. The van der Waals surface area contributed by atoms with E-state index in [1.54, 1.807) is 7.11 Å². The summed E-state index contributed by atoms with van der Waals surface area (Å²) in [6.07, 6.45) is 0.385. The monoisotopic (exact) mass is 237 g/mol. The lowest BCUT2D eigenvalue weighted by Gasteiger charge is -2.06. The minimum atomic E-state index is 0.00575. The fourth-order valence-electron chi connectivity index (χ4n) is 1.41. The Balaban J connectivity index is 2.37. The molecule has 4 nitrogen and oxygen atoms in total. The average molecular weight is 237 g/mol. The van der Waals surface area contributed by atoms with Crippen molar-refractivity contribution in [1.82, 2.24) is 5.32 Å². The van der Waals surface area contributed by atoms with Crippen molar-refractivity contribution >= 4 is 5.91 Å². The van der Waals surface area contributed by atoms with Crippen LogP contribution in [0.5, 0.6) is 5.75 Å². The molecule has 0 aliphatic rings. The summed E-state index contributed by atoms with van der Waals surface area (Å²) in [4.78, 5) is 11.5. The predicted molar refractivity (Wildman–Crippen MR) is 66.2 cm³/mol. The van der Waals surface area contributed by atoms with E-state index in [2.05, 4.69) is 5.32 Å². The first-order chi connectivity index (χ1) is 8.26. The molecule has 1 aromatic carbocycles. The Labute approximate surface area is 102 Å². The highest BCUT2D eigenvalue weighted by atomic mass is 16.5. The maximum atomic E-state index is 11.5. The van der Waals surface area contributed by atoms with E-state index in [-0.39, 0.29) is 5.91 Å². The second kappa shape index (κ2) is 7.68. The zero-order valence-electron chi connectivity index (χ0n) is 10.4. The smallest absolute Gasteiger partial charge is 0.224 e. The molecule has 94 valence electrons. The SMILES string of the molecule is CCOc1ccc(CC(=O)NCCOC)cc1. The maximum Gasteiger partial charge on any atom is 0.224 e. The van der Waals surface area contributed by atoms with Crippen molar-refractivity contribution in [2.75, 3.05) is 26.9 Å². The topological polar surface area (TPSA) is 47.6 Å². The molecule has 0 spiro atoms. The molecule has 0 bridgehead atoms. The van der Waals surface area contributed by atoms with Gasteiger partial charge in [-0.3, -0.25) is 4.79 Å². The predicted octanol–water partition coefficient (Wildman–Crippen LogP) is 1.39. The van der Waals surface area contributed by atoms with Gasteiger partial charge in [0.2, 0.25) is 5.91 Å². The molecule has 0 heterocycles. The number of ether oxygens (including phenoxy) is 2. The lowest BCUT2D eigenvalue weighted by molar-refractivity contribution is -0.120. The van der Waals surface area contributed by atoms with E-state index in [1.165, 1.54) is 0 Å². The van der Waals surface area contributed by atoms with E-state index >= 15 is 0 Å². The number of hydrogen-bond acceptors (Lipinski definition) is 3. The van der Waals surface area contributed by atoms with E-state index in [9.17, 15) is 4.79 Å². The molecule has 0 aliphatic heterocycles. The normalized spacial score (nSPS) is 10.0. The molecule has 1 N–H and O–H groups in total. The summed E-state index contributed by atoms with van der Waals surface area (Å²) in [5.74, 6) is 0.835. The zero-order chi connectivity index (χ0) is 12.5. The van der Waals surface area contributed by atoms with Gasteiger partial charge in [0.05, 0.1) is 19.6 Å². The van der Waals surface area contributed by atoms with Gasteiger partial charge in [0.25, 0.3) is 0 Å². The third kappa shape index (κ3) is 5.36. The lowest BCUT2D eigenvalue weighted by atomic mass is 10.1. The molecule has 0 aromatic heterocycles. The van der Waals surface area contributed by atoms with Crippen molar-refractivity contribution in [2.45, 2.75) is 13.3 Å². The fourth-order valence-corrected chi connectivity index (χ4v) is 1.41. The molecule has 0 saturated heterocycles. The first-order valence-electron chi connectivity index (χ1n) is 5.73. The Morgan fingerprint density at radius 2 is 2.00 bits per heavy atom. The maximum absolute atomic E-state index is 11.5. The molecule has 4 heteroatoms. The number of rotatable bonds is 7. The van der Waals surface area contributed by atoms with Gasteiger partial charge in [-0.2, -0.15) is 0 Å². The van der Waals surface area contributed by atoms with E-state index in [0.717, 1.165) is 11.3 Å². The van der Waals surface area contributed by atoms with Gasteiger partial charge in [0.1, 0.15) is 5.75 Å². The highest BCUT2D eigenvalue weighted by molar-refractivity contribution is 5.78. The molecule has 1 rings (SSSR count). The molecule has 0 radical (unpaired) electrons.